The number of nitrogens with one attached hydrogen (secondary N) is 1. The Labute approximate surface area is 218 Å². The van der Waals surface area contributed by atoms with E-state index in [9.17, 15) is 9.59 Å². The summed E-state index contributed by atoms with van der Waals surface area (Å²) in [6.07, 6.45) is 12.3. The predicted octanol–water partition coefficient (Wildman–Crippen LogP) is 4.56. The van der Waals surface area contributed by atoms with E-state index >= 15 is 0 Å². The summed E-state index contributed by atoms with van der Waals surface area (Å²) in [5.41, 5.74) is 0.459. The maximum atomic E-state index is 13.4. The molecule has 198 valence electrons. The van der Waals surface area contributed by atoms with E-state index in [0.29, 0.717) is 35.8 Å². The summed E-state index contributed by atoms with van der Waals surface area (Å²) in [4.78, 5) is 26.1. The lowest BCUT2D eigenvalue weighted by Crippen LogP contribution is -2.33. The third-order valence-electron chi connectivity index (χ3n) is 8.59. The van der Waals surface area contributed by atoms with Gasteiger partial charge >= 0.3 is 5.69 Å². The molecule has 2 saturated carbocycles. The van der Waals surface area contributed by atoms with E-state index in [2.05, 4.69) is 32.6 Å². The molecule has 9 heteroatoms. The van der Waals surface area contributed by atoms with Crippen LogP contribution in [0.5, 0.6) is 0 Å². The Bertz CT molecular complexity index is 1190. The third kappa shape index (κ3) is 5.91. The second-order valence-corrected chi connectivity index (χ2v) is 11.0. The Balaban J connectivity index is 1.25. The fourth-order valence-corrected chi connectivity index (χ4v) is 6.57. The first-order valence-corrected chi connectivity index (χ1v) is 14.1. The first-order valence-electron chi connectivity index (χ1n) is 14.1. The van der Waals surface area contributed by atoms with Gasteiger partial charge in [-0.15, -0.1) is 10.2 Å². The topological polar surface area (TPSA) is 111 Å². The molecule has 9 nitrogen and oxygen atoms in total. The average molecular weight is 506 g/mol. The smallest absolute Gasteiger partial charge is 0.292 e. The number of nitrogens with zero attached hydrogens (tertiary/aromatic N) is 6. The maximum absolute atomic E-state index is 13.4. The van der Waals surface area contributed by atoms with Crippen molar-refractivity contribution in [3.63, 3.8) is 0 Å². The Morgan fingerprint density at radius 2 is 1.84 bits per heavy atom. The molecule has 0 spiro atoms. The molecule has 5 rings (SSSR count). The van der Waals surface area contributed by atoms with Crippen LogP contribution in [-0.2, 0) is 19.5 Å². The molecule has 0 aliphatic heterocycles. The largest absolute Gasteiger partial charge is 0.346 e. The number of hydrogen-bond acceptors (Lipinski definition) is 6. The Morgan fingerprint density at radius 3 is 2.57 bits per heavy atom. The minimum absolute atomic E-state index is 0.0130. The molecular formula is C28H39N7O2. The Kier molecular flexibility index (Phi) is 8.26. The van der Waals surface area contributed by atoms with Gasteiger partial charge in [0.15, 0.2) is 11.6 Å². The van der Waals surface area contributed by atoms with Crippen LogP contribution in [0.3, 0.4) is 0 Å². The van der Waals surface area contributed by atoms with E-state index in [0.717, 1.165) is 50.2 Å². The van der Waals surface area contributed by atoms with Gasteiger partial charge in [-0.25, -0.2) is 9.48 Å². The van der Waals surface area contributed by atoms with E-state index in [1.54, 1.807) is 12.1 Å². The molecule has 0 radical (unpaired) electrons. The number of H-pyrrole nitrogens is 1. The molecule has 2 aliphatic rings. The van der Waals surface area contributed by atoms with Crippen LogP contribution < -0.4 is 5.69 Å². The number of rotatable bonds is 10. The highest BCUT2D eigenvalue weighted by molar-refractivity contribution is 5.95. The van der Waals surface area contributed by atoms with Crippen molar-refractivity contribution in [1.29, 1.82) is 0 Å². The van der Waals surface area contributed by atoms with Crippen molar-refractivity contribution < 1.29 is 4.79 Å². The summed E-state index contributed by atoms with van der Waals surface area (Å²) < 4.78 is 3.24. The van der Waals surface area contributed by atoms with Crippen molar-refractivity contribution in [2.24, 2.45) is 17.8 Å². The van der Waals surface area contributed by atoms with E-state index in [1.165, 1.54) is 36.8 Å². The van der Waals surface area contributed by atoms with Crippen molar-refractivity contribution in [3.05, 3.63) is 58.0 Å². The number of aromatic amines is 1. The van der Waals surface area contributed by atoms with Gasteiger partial charge in [-0.05, 0) is 62.7 Å². The van der Waals surface area contributed by atoms with Gasteiger partial charge < -0.3 is 0 Å². The SMILES string of the molecule is CCCCc1nn(CC(=O)c2ccccc2)c(=O)n1CC1CCC(C2CCCCC2c2nn[nH]n2)CC1. The molecule has 2 unspecified atom stereocenters. The first-order chi connectivity index (χ1) is 18.1. The van der Waals surface area contributed by atoms with Crippen molar-refractivity contribution in [2.75, 3.05) is 0 Å². The van der Waals surface area contributed by atoms with E-state index in [4.69, 9.17) is 0 Å². The van der Waals surface area contributed by atoms with Gasteiger partial charge in [-0.2, -0.15) is 10.3 Å². The first kappa shape index (κ1) is 25.5. The van der Waals surface area contributed by atoms with Gasteiger partial charge in [-0.1, -0.05) is 61.7 Å². The number of unbranched alkanes of at least 4 members (excludes halogenated alkanes) is 1. The Morgan fingerprint density at radius 1 is 1.05 bits per heavy atom. The maximum Gasteiger partial charge on any atom is 0.346 e. The molecule has 2 aromatic heterocycles. The summed E-state index contributed by atoms with van der Waals surface area (Å²) in [5, 5.41) is 19.7. The van der Waals surface area contributed by atoms with E-state index < -0.39 is 0 Å². The highest BCUT2D eigenvalue weighted by Gasteiger charge is 2.37. The van der Waals surface area contributed by atoms with Crippen LogP contribution in [0.2, 0.25) is 0 Å². The second-order valence-electron chi connectivity index (χ2n) is 11.0. The molecule has 3 aromatic rings. The van der Waals surface area contributed by atoms with Crippen LogP contribution in [0, 0.1) is 17.8 Å². The number of benzene rings is 1. The average Bonchev–Trinajstić information content (AvgIpc) is 3.58. The lowest BCUT2D eigenvalue weighted by Gasteiger charge is -2.39. The second kappa shape index (κ2) is 12.0. The number of carbonyl (C=O) groups is 1. The molecule has 2 aliphatic carbocycles. The molecular weight excluding hydrogens is 466 g/mol. The molecule has 1 N–H and O–H groups in total. The van der Waals surface area contributed by atoms with Gasteiger partial charge in [0.1, 0.15) is 12.4 Å². The van der Waals surface area contributed by atoms with Crippen LogP contribution in [0.15, 0.2) is 35.1 Å². The quantitative estimate of drug-likeness (QED) is 0.404. The van der Waals surface area contributed by atoms with E-state index in [-0.39, 0.29) is 18.0 Å². The summed E-state index contributed by atoms with van der Waals surface area (Å²) in [6, 6.07) is 9.15. The Hall–Kier alpha value is -3.10. The van der Waals surface area contributed by atoms with Crippen LogP contribution in [0.1, 0.15) is 99.1 Å². The highest BCUT2D eigenvalue weighted by Crippen LogP contribution is 2.46. The van der Waals surface area contributed by atoms with Gasteiger partial charge in [0.05, 0.1) is 0 Å². The van der Waals surface area contributed by atoms with Crippen molar-refractivity contribution in [1.82, 2.24) is 35.0 Å². The minimum Gasteiger partial charge on any atom is -0.292 e. The number of carbonyl (C=O) groups excluding carboxylic acids is 1. The number of ketones is 1. The van der Waals surface area contributed by atoms with Crippen molar-refractivity contribution >= 4 is 5.78 Å². The number of aryl methyl sites for hydroxylation is 1. The number of tetrazole rings is 1. The van der Waals surface area contributed by atoms with E-state index in [1.807, 2.05) is 22.8 Å². The zero-order valence-corrected chi connectivity index (χ0v) is 21.9. The number of hydrogen-bond donors (Lipinski definition) is 1. The fourth-order valence-electron chi connectivity index (χ4n) is 6.57. The van der Waals surface area contributed by atoms with Gasteiger partial charge in [0.25, 0.3) is 0 Å². The van der Waals surface area contributed by atoms with Crippen molar-refractivity contribution in [2.45, 2.75) is 96.6 Å². The molecule has 2 atom stereocenters. The van der Waals surface area contributed by atoms with Crippen LogP contribution in [0.4, 0.5) is 0 Å². The third-order valence-corrected chi connectivity index (χ3v) is 8.59. The summed E-state index contributed by atoms with van der Waals surface area (Å²) in [7, 11) is 0. The lowest BCUT2D eigenvalue weighted by atomic mass is 9.66. The fraction of sp³-hybridized carbons (Fsp3) is 0.643. The number of aromatic nitrogens is 7. The van der Waals surface area contributed by atoms with Crippen molar-refractivity contribution in [3.8, 4) is 0 Å². The minimum atomic E-state index is -0.151. The normalized spacial score (nSPS) is 24.2. The molecule has 1 aromatic carbocycles. The van der Waals surface area contributed by atoms with Gasteiger partial charge in [0.2, 0.25) is 0 Å². The summed E-state index contributed by atoms with van der Waals surface area (Å²) in [6.45, 7) is 2.83. The molecule has 0 amide bonds. The molecule has 2 fully saturated rings. The monoisotopic (exact) mass is 505 g/mol. The van der Waals surface area contributed by atoms with Gasteiger partial charge in [-0.3, -0.25) is 9.36 Å². The molecule has 0 bridgehead atoms. The zero-order chi connectivity index (χ0) is 25.6. The van der Waals surface area contributed by atoms with Crippen LogP contribution in [-0.4, -0.2) is 40.8 Å². The summed E-state index contributed by atoms with van der Waals surface area (Å²) in [5.74, 6) is 3.81. The highest BCUT2D eigenvalue weighted by atomic mass is 16.2. The molecule has 37 heavy (non-hydrogen) atoms. The predicted molar refractivity (Wildman–Crippen MR) is 140 cm³/mol. The standard InChI is InChI=1S/C28H39N7O2/c1-2-3-13-26-31-35(19-25(36)22-9-5-4-6-10-22)28(37)34(26)18-20-14-16-21(17-15-20)23-11-7-8-12-24(23)27-29-32-33-30-27/h4-6,9-10,20-21,23-24H,2-3,7-8,11-19H2,1H3,(H,29,30,32,33). The lowest BCUT2D eigenvalue weighted by molar-refractivity contribution is 0.0965. The molecule has 2 heterocycles. The summed E-state index contributed by atoms with van der Waals surface area (Å²) >= 11 is 0. The van der Waals surface area contributed by atoms with Gasteiger partial charge in [0, 0.05) is 24.4 Å². The number of Topliss-reactive ketones (excluding diaryl/α,β-unsaturated/α-hetero) is 1. The van der Waals surface area contributed by atoms with Crippen LogP contribution in [0.25, 0.3) is 0 Å². The molecule has 0 saturated heterocycles. The zero-order valence-electron chi connectivity index (χ0n) is 21.9. The van der Waals surface area contributed by atoms with Crippen LogP contribution >= 0.6 is 0 Å².